The van der Waals surface area contributed by atoms with Gasteiger partial charge in [-0.25, -0.2) is 0 Å². The number of hydrogen-bond acceptors (Lipinski definition) is 2. The summed E-state index contributed by atoms with van der Waals surface area (Å²) in [5.74, 6) is 2.02. The molecular formula is C14H29NO. The lowest BCUT2D eigenvalue weighted by atomic mass is 9.80. The zero-order valence-electron chi connectivity index (χ0n) is 11.1. The van der Waals surface area contributed by atoms with Gasteiger partial charge in [-0.05, 0) is 31.2 Å². The summed E-state index contributed by atoms with van der Waals surface area (Å²) in [4.78, 5) is 0. The van der Waals surface area contributed by atoms with Crippen molar-refractivity contribution in [1.29, 1.82) is 0 Å². The third kappa shape index (κ3) is 6.49. The molecule has 2 atom stereocenters. The summed E-state index contributed by atoms with van der Waals surface area (Å²) >= 11 is 0. The van der Waals surface area contributed by atoms with Crippen LogP contribution in [0.15, 0.2) is 0 Å². The number of nitrogens with one attached hydrogen (secondary N) is 1. The van der Waals surface area contributed by atoms with Crippen molar-refractivity contribution in [3.63, 3.8) is 0 Å². The molecule has 2 unspecified atom stereocenters. The summed E-state index contributed by atoms with van der Waals surface area (Å²) < 4.78 is 4.99. The van der Waals surface area contributed by atoms with Gasteiger partial charge in [0.2, 0.25) is 0 Å². The number of ether oxygens (including phenoxy) is 1. The molecule has 2 nitrogen and oxygen atoms in total. The predicted octanol–water partition coefficient (Wildman–Crippen LogP) is 3.22. The minimum Gasteiger partial charge on any atom is -0.383 e. The van der Waals surface area contributed by atoms with E-state index in [1.54, 1.807) is 7.11 Å². The van der Waals surface area contributed by atoms with E-state index >= 15 is 0 Å². The smallest absolute Gasteiger partial charge is 0.0587 e. The summed E-state index contributed by atoms with van der Waals surface area (Å²) in [6, 6.07) is 0. The van der Waals surface area contributed by atoms with Crippen LogP contribution in [0.1, 0.15) is 51.9 Å². The van der Waals surface area contributed by atoms with Crippen LogP contribution in [-0.2, 0) is 4.74 Å². The fraction of sp³-hybridized carbons (Fsp3) is 1.00. The highest BCUT2D eigenvalue weighted by Gasteiger charge is 2.17. The van der Waals surface area contributed by atoms with E-state index in [-0.39, 0.29) is 0 Å². The number of hydrogen-bond donors (Lipinski definition) is 1. The molecule has 0 aliphatic heterocycles. The lowest BCUT2D eigenvalue weighted by Crippen LogP contribution is -2.20. The molecule has 0 heterocycles. The first-order valence-corrected chi connectivity index (χ1v) is 7.02. The second-order valence-electron chi connectivity index (χ2n) is 5.38. The summed E-state index contributed by atoms with van der Waals surface area (Å²) in [6.45, 7) is 5.40. The standard InChI is InChI=1S/C14H29NO/c1-13-6-5-8-14(12-13)7-3-4-9-15-10-11-16-2/h13-15H,3-12H2,1-2H3. The Balaban J connectivity index is 1.86. The van der Waals surface area contributed by atoms with Crippen LogP contribution in [0.2, 0.25) is 0 Å². The average Bonchev–Trinajstić information content (AvgIpc) is 2.28. The van der Waals surface area contributed by atoms with E-state index in [9.17, 15) is 0 Å². The van der Waals surface area contributed by atoms with E-state index < -0.39 is 0 Å². The van der Waals surface area contributed by atoms with Crippen LogP contribution in [0.3, 0.4) is 0 Å². The minimum absolute atomic E-state index is 0.833. The molecule has 1 N–H and O–H groups in total. The molecule has 1 rings (SSSR count). The van der Waals surface area contributed by atoms with Crippen LogP contribution in [0.25, 0.3) is 0 Å². The quantitative estimate of drug-likeness (QED) is 0.643. The van der Waals surface area contributed by atoms with Gasteiger partial charge in [-0.1, -0.05) is 39.0 Å². The first-order chi connectivity index (χ1) is 7.83. The molecule has 0 bridgehead atoms. The van der Waals surface area contributed by atoms with E-state index in [1.165, 1.54) is 44.9 Å². The van der Waals surface area contributed by atoms with Crippen molar-refractivity contribution in [3.8, 4) is 0 Å². The van der Waals surface area contributed by atoms with Gasteiger partial charge in [-0.3, -0.25) is 0 Å². The second-order valence-corrected chi connectivity index (χ2v) is 5.38. The molecule has 1 aliphatic carbocycles. The summed E-state index contributed by atoms with van der Waals surface area (Å²) in [6.07, 6.45) is 10.1. The van der Waals surface area contributed by atoms with Crippen molar-refractivity contribution >= 4 is 0 Å². The molecule has 1 saturated carbocycles. The fourth-order valence-electron chi connectivity index (χ4n) is 2.80. The van der Waals surface area contributed by atoms with E-state index in [0.29, 0.717) is 0 Å². The Morgan fingerprint density at radius 1 is 1.19 bits per heavy atom. The van der Waals surface area contributed by atoms with Gasteiger partial charge in [0.15, 0.2) is 0 Å². The van der Waals surface area contributed by atoms with Crippen LogP contribution in [0, 0.1) is 11.8 Å². The summed E-state index contributed by atoms with van der Waals surface area (Å²) in [5.41, 5.74) is 0. The SMILES string of the molecule is COCCNCCCCC1CCCC(C)C1. The Kier molecular flexibility index (Phi) is 7.87. The first kappa shape index (κ1) is 14.0. The minimum atomic E-state index is 0.833. The third-order valence-corrected chi connectivity index (χ3v) is 3.74. The molecule has 16 heavy (non-hydrogen) atoms. The van der Waals surface area contributed by atoms with Gasteiger partial charge in [0.05, 0.1) is 6.61 Å². The van der Waals surface area contributed by atoms with Crippen molar-refractivity contribution in [2.24, 2.45) is 11.8 Å². The molecule has 2 heteroatoms. The Morgan fingerprint density at radius 2 is 2.06 bits per heavy atom. The Bertz CT molecular complexity index is 161. The molecule has 0 saturated heterocycles. The van der Waals surface area contributed by atoms with Crippen LogP contribution in [0.5, 0.6) is 0 Å². The first-order valence-electron chi connectivity index (χ1n) is 7.02. The van der Waals surface area contributed by atoms with Crippen LogP contribution in [0.4, 0.5) is 0 Å². The van der Waals surface area contributed by atoms with Crippen molar-refractivity contribution in [2.45, 2.75) is 51.9 Å². The zero-order chi connectivity index (χ0) is 11.6. The van der Waals surface area contributed by atoms with Crippen molar-refractivity contribution in [3.05, 3.63) is 0 Å². The van der Waals surface area contributed by atoms with Gasteiger partial charge in [-0.15, -0.1) is 0 Å². The average molecular weight is 227 g/mol. The lowest BCUT2D eigenvalue weighted by Gasteiger charge is -2.26. The maximum Gasteiger partial charge on any atom is 0.0587 e. The zero-order valence-corrected chi connectivity index (χ0v) is 11.1. The molecule has 0 aromatic heterocycles. The number of rotatable bonds is 8. The second kappa shape index (κ2) is 9.00. The lowest BCUT2D eigenvalue weighted by molar-refractivity contribution is 0.199. The van der Waals surface area contributed by atoms with E-state index in [4.69, 9.17) is 4.74 Å². The largest absolute Gasteiger partial charge is 0.383 e. The Labute approximate surface area is 101 Å². The maximum atomic E-state index is 4.99. The van der Waals surface area contributed by atoms with Gasteiger partial charge in [0.1, 0.15) is 0 Å². The molecule has 0 aromatic carbocycles. The molecule has 96 valence electrons. The third-order valence-electron chi connectivity index (χ3n) is 3.74. The van der Waals surface area contributed by atoms with Crippen molar-refractivity contribution in [1.82, 2.24) is 5.32 Å². The van der Waals surface area contributed by atoms with Crippen molar-refractivity contribution in [2.75, 3.05) is 26.8 Å². The maximum absolute atomic E-state index is 4.99. The van der Waals surface area contributed by atoms with E-state index in [2.05, 4.69) is 12.2 Å². The Hall–Kier alpha value is -0.0800. The molecule has 1 fully saturated rings. The molecule has 0 amide bonds. The highest BCUT2D eigenvalue weighted by molar-refractivity contribution is 4.70. The fourth-order valence-corrected chi connectivity index (χ4v) is 2.80. The van der Waals surface area contributed by atoms with Crippen LogP contribution >= 0.6 is 0 Å². The van der Waals surface area contributed by atoms with Crippen LogP contribution < -0.4 is 5.32 Å². The van der Waals surface area contributed by atoms with Gasteiger partial charge in [-0.2, -0.15) is 0 Å². The van der Waals surface area contributed by atoms with Crippen LogP contribution in [-0.4, -0.2) is 26.8 Å². The van der Waals surface area contributed by atoms with Gasteiger partial charge in [0, 0.05) is 13.7 Å². The molecule has 0 spiro atoms. The Morgan fingerprint density at radius 3 is 2.81 bits per heavy atom. The molecule has 0 radical (unpaired) electrons. The number of methoxy groups -OCH3 is 1. The van der Waals surface area contributed by atoms with Crippen molar-refractivity contribution < 1.29 is 4.74 Å². The summed E-state index contributed by atoms with van der Waals surface area (Å²) in [5, 5.41) is 3.41. The monoisotopic (exact) mass is 227 g/mol. The molecule has 1 aliphatic rings. The molecular weight excluding hydrogens is 198 g/mol. The van der Waals surface area contributed by atoms with Gasteiger partial charge >= 0.3 is 0 Å². The highest BCUT2D eigenvalue weighted by Crippen LogP contribution is 2.31. The van der Waals surface area contributed by atoms with Gasteiger partial charge < -0.3 is 10.1 Å². The van der Waals surface area contributed by atoms with E-state index in [1.807, 2.05) is 0 Å². The van der Waals surface area contributed by atoms with E-state index in [0.717, 1.165) is 31.5 Å². The van der Waals surface area contributed by atoms with Gasteiger partial charge in [0.25, 0.3) is 0 Å². The normalized spacial score (nSPS) is 25.9. The highest BCUT2D eigenvalue weighted by atomic mass is 16.5. The summed E-state index contributed by atoms with van der Waals surface area (Å²) in [7, 11) is 1.76. The molecule has 0 aromatic rings. The topological polar surface area (TPSA) is 21.3 Å². The predicted molar refractivity (Wildman–Crippen MR) is 69.7 cm³/mol. The number of unbranched alkanes of at least 4 members (excludes halogenated alkanes) is 1.